The largest absolute Gasteiger partial charge is 0.444 e. The van der Waals surface area contributed by atoms with Crippen LogP contribution < -0.4 is 5.32 Å². The number of alkyl carbamates (subject to hydrolysis) is 1. The monoisotopic (exact) mass is 336 g/mol. The summed E-state index contributed by atoms with van der Waals surface area (Å²) in [5.41, 5.74) is 0.954. The summed E-state index contributed by atoms with van der Waals surface area (Å²) < 4.78 is 5.28. The van der Waals surface area contributed by atoms with Crippen molar-refractivity contribution in [1.82, 2.24) is 10.2 Å². The van der Waals surface area contributed by atoms with Crippen LogP contribution in [0.3, 0.4) is 0 Å². The van der Waals surface area contributed by atoms with E-state index >= 15 is 0 Å². The number of amides is 2. The van der Waals surface area contributed by atoms with E-state index in [1.165, 1.54) is 4.90 Å². The zero-order valence-electron chi connectivity index (χ0n) is 15.1. The molecule has 24 heavy (non-hydrogen) atoms. The van der Waals surface area contributed by atoms with E-state index in [2.05, 4.69) is 5.32 Å². The zero-order valence-corrected chi connectivity index (χ0v) is 15.1. The Balaban J connectivity index is 3.10. The number of hydrogen-bond acceptors (Lipinski definition) is 4. The summed E-state index contributed by atoms with van der Waals surface area (Å²) in [6, 6.07) is 6.53. The lowest BCUT2D eigenvalue weighted by Crippen LogP contribution is -2.45. The van der Waals surface area contributed by atoms with Crippen molar-refractivity contribution in [2.75, 3.05) is 19.7 Å². The van der Waals surface area contributed by atoms with Gasteiger partial charge in [-0.2, -0.15) is 0 Å². The van der Waals surface area contributed by atoms with E-state index in [9.17, 15) is 9.59 Å². The average molecular weight is 336 g/mol. The minimum atomic E-state index is -0.854. The number of aliphatic hydroxyl groups excluding tert-OH is 1. The van der Waals surface area contributed by atoms with Gasteiger partial charge < -0.3 is 20.1 Å². The minimum Gasteiger partial charge on any atom is -0.444 e. The first-order chi connectivity index (χ1) is 11.2. The molecule has 0 aliphatic rings. The molecule has 0 fully saturated rings. The van der Waals surface area contributed by atoms with E-state index < -0.39 is 17.7 Å². The number of rotatable bonds is 6. The number of ether oxygens (including phenoxy) is 1. The minimum absolute atomic E-state index is 0.132. The van der Waals surface area contributed by atoms with Gasteiger partial charge in [0, 0.05) is 13.1 Å². The van der Waals surface area contributed by atoms with E-state index in [1.54, 1.807) is 20.8 Å². The molecule has 1 unspecified atom stereocenters. The number of likely N-dealkylation sites (N-methyl/N-ethyl adjacent to an activating group) is 1. The van der Waals surface area contributed by atoms with Gasteiger partial charge in [-0.15, -0.1) is 0 Å². The molecule has 134 valence electrons. The fraction of sp³-hybridized carbons (Fsp3) is 0.556. The van der Waals surface area contributed by atoms with Crippen molar-refractivity contribution in [2.45, 2.75) is 46.3 Å². The van der Waals surface area contributed by atoms with E-state index in [1.807, 2.05) is 38.1 Å². The van der Waals surface area contributed by atoms with Crippen molar-refractivity contribution in [1.29, 1.82) is 0 Å². The van der Waals surface area contributed by atoms with Gasteiger partial charge in [0.2, 0.25) is 5.91 Å². The maximum absolute atomic E-state index is 12.9. The highest BCUT2D eigenvalue weighted by Gasteiger charge is 2.29. The van der Waals surface area contributed by atoms with Gasteiger partial charge in [0.25, 0.3) is 0 Å². The van der Waals surface area contributed by atoms with Crippen LogP contribution in [-0.4, -0.2) is 47.3 Å². The second-order valence-corrected chi connectivity index (χ2v) is 6.58. The van der Waals surface area contributed by atoms with Crippen LogP contribution in [0.4, 0.5) is 4.79 Å². The Morgan fingerprint density at radius 1 is 1.29 bits per heavy atom. The summed E-state index contributed by atoms with van der Waals surface area (Å²) in [5, 5.41) is 11.8. The van der Waals surface area contributed by atoms with Crippen LogP contribution >= 0.6 is 0 Å². The van der Waals surface area contributed by atoms with Crippen molar-refractivity contribution in [3.63, 3.8) is 0 Å². The van der Waals surface area contributed by atoms with Crippen LogP contribution in [0.15, 0.2) is 24.3 Å². The van der Waals surface area contributed by atoms with Crippen LogP contribution in [0, 0.1) is 6.92 Å². The molecule has 1 aromatic rings. The number of aliphatic hydroxyl groups is 1. The van der Waals surface area contributed by atoms with Gasteiger partial charge in [-0.1, -0.05) is 24.3 Å². The standard InChI is InChI=1S/C18H28N2O4/c1-6-20(11-12-21)16(22)15(14-10-8-7-9-13(14)2)19-17(23)24-18(3,4)5/h7-10,15,21H,6,11-12H2,1-5H3,(H,19,23). The highest BCUT2D eigenvalue weighted by atomic mass is 16.6. The summed E-state index contributed by atoms with van der Waals surface area (Å²) in [6.07, 6.45) is -0.649. The molecule has 0 saturated carbocycles. The summed E-state index contributed by atoms with van der Waals surface area (Å²) in [6.45, 7) is 9.53. The second kappa shape index (κ2) is 8.68. The maximum atomic E-state index is 12.9. The predicted octanol–water partition coefficient (Wildman–Crippen LogP) is 2.40. The summed E-state index contributed by atoms with van der Waals surface area (Å²) in [5.74, 6) is -0.272. The molecular weight excluding hydrogens is 308 g/mol. The highest BCUT2D eigenvalue weighted by molar-refractivity contribution is 5.87. The SMILES string of the molecule is CCN(CCO)C(=O)C(NC(=O)OC(C)(C)C)c1ccccc1C. The van der Waals surface area contributed by atoms with E-state index in [-0.39, 0.29) is 19.1 Å². The fourth-order valence-corrected chi connectivity index (χ4v) is 2.34. The molecule has 6 nitrogen and oxygen atoms in total. The quantitative estimate of drug-likeness (QED) is 0.836. The van der Waals surface area contributed by atoms with Crippen molar-refractivity contribution in [2.24, 2.45) is 0 Å². The van der Waals surface area contributed by atoms with Gasteiger partial charge in [0.1, 0.15) is 11.6 Å². The molecule has 2 amide bonds. The van der Waals surface area contributed by atoms with Gasteiger partial charge in [-0.3, -0.25) is 4.79 Å². The molecular formula is C18H28N2O4. The van der Waals surface area contributed by atoms with Crippen LogP contribution in [-0.2, 0) is 9.53 Å². The third kappa shape index (κ3) is 5.85. The lowest BCUT2D eigenvalue weighted by atomic mass is 10.00. The van der Waals surface area contributed by atoms with Crippen molar-refractivity contribution >= 4 is 12.0 Å². The van der Waals surface area contributed by atoms with Gasteiger partial charge in [-0.25, -0.2) is 4.79 Å². The first kappa shape index (κ1) is 20.0. The third-order valence-corrected chi connectivity index (χ3v) is 3.47. The van der Waals surface area contributed by atoms with Crippen LogP contribution in [0.25, 0.3) is 0 Å². The number of aryl methyl sites for hydroxylation is 1. The Hall–Kier alpha value is -2.08. The van der Waals surface area contributed by atoms with Gasteiger partial charge in [0.05, 0.1) is 6.61 Å². The second-order valence-electron chi connectivity index (χ2n) is 6.58. The van der Waals surface area contributed by atoms with Crippen molar-refractivity contribution < 1.29 is 19.4 Å². The normalized spacial score (nSPS) is 12.4. The molecule has 2 N–H and O–H groups in total. The van der Waals surface area contributed by atoms with Crippen LogP contribution in [0.2, 0.25) is 0 Å². The van der Waals surface area contributed by atoms with Crippen LogP contribution in [0.5, 0.6) is 0 Å². The number of carbonyl (C=O) groups is 2. The number of benzene rings is 1. The lowest BCUT2D eigenvalue weighted by Gasteiger charge is -2.28. The zero-order chi connectivity index (χ0) is 18.3. The maximum Gasteiger partial charge on any atom is 0.408 e. The van der Waals surface area contributed by atoms with Crippen molar-refractivity contribution in [3.05, 3.63) is 35.4 Å². The number of nitrogens with one attached hydrogen (secondary N) is 1. The topological polar surface area (TPSA) is 78.9 Å². The Morgan fingerprint density at radius 2 is 1.92 bits per heavy atom. The van der Waals surface area contributed by atoms with Crippen LogP contribution in [0.1, 0.15) is 44.9 Å². The molecule has 6 heteroatoms. The highest BCUT2D eigenvalue weighted by Crippen LogP contribution is 2.21. The molecule has 0 saturated heterocycles. The number of carbonyl (C=O) groups excluding carboxylic acids is 2. The van der Waals surface area contributed by atoms with Gasteiger partial charge in [0.15, 0.2) is 0 Å². The van der Waals surface area contributed by atoms with Gasteiger partial charge >= 0.3 is 6.09 Å². The number of nitrogens with zero attached hydrogens (tertiary/aromatic N) is 1. The smallest absolute Gasteiger partial charge is 0.408 e. The molecule has 0 bridgehead atoms. The summed E-state index contributed by atoms with van der Waals surface area (Å²) in [4.78, 5) is 26.5. The molecule has 1 aromatic carbocycles. The molecule has 0 aromatic heterocycles. The molecule has 1 rings (SSSR count). The third-order valence-electron chi connectivity index (χ3n) is 3.47. The first-order valence-electron chi connectivity index (χ1n) is 8.14. The lowest BCUT2D eigenvalue weighted by molar-refractivity contribution is -0.134. The summed E-state index contributed by atoms with van der Waals surface area (Å²) in [7, 11) is 0. The van der Waals surface area contributed by atoms with Gasteiger partial charge in [-0.05, 0) is 45.7 Å². The van der Waals surface area contributed by atoms with E-state index in [4.69, 9.17) is 9.84 Å². The molecule has 0 heterocycles. The van der Waals surface area contributed by atoms with E-state index in [0.29, 0.717) is 12.1 Å². The summed E-state index contributed by atoms with van der Waals surface area (Å²) >= 11 is 0. The Labute approximate surface area is 143 Å². The Kier molecular flexibility index (Phi) is 7.22. The average Bonchev–Trinajstić information content (AvgIpc) is 2.48. The Bertz CT molecular complexity index is 566. The van der Waals surface area contributed by atoms with E-state index in [0.717, 1.165) is 5.56 Å². The molecule has 0 aliphatic heterocycles. The van der Waals surface area contributed by atoms with Crippen molar-refractivity contribution in [3.8, 4) is 0 Å². The predicted molar refractivity (Wildman–Crippen MR) is 92.6 cm³/mol. The Morgan fingerprint density at radius 3 is 2.42 bits per heavy atom. The molecule has 0 aliphatic carbocycles. The first-order valence-corrected chi connectivity index (χ1v) is 8.14. The number of hydrogen-bond donors (Lipinski definition) is 2. The fourth-order valence-electron chi connectivity index (χ4n) is 2.34. The molecule has 0 spiro atoms. The molecule has 1 atom stereocenters. The molecule has 0 radical (unpaired) electrons.